The van der Waals surface area contributed by atoms with Gasteiger partial charge in [0, 0.05) is 30.3 Å². The van der Waals surface area contributed by atoms with E-state index in [1.165, 1.54) is 5.56 Å². The summed E-state index contributed by atoms with van der Waals surface area (Å²) in [7, 11) is 0. The van der Waals surface area contributed by atoms with Crippen LogP contribution >= 0.6 is 0 Å². The first-order chi connectivity index (χ1) is 13.2. The molecule has 1 aliphatic rings. The highest BCUT2D eigenvalue weighted by molar-refractivity contribution is 5.89. The van der Waals surface area contributed by atoms with Gasteiger partial charge < -0.3 is 10.0 Å². The van der Waals surface area contributed by atoms with Crippen LogP contribution < -0.4 is 0 Å². The van der Waals surface area contributed by atoms with Crippen LogP contribution in [0.4, 0.5) is 0 Å². The second-order valence-corrected chi connectivity index (χ2v) is 8.63. The van der Waals surface area contributed by atoms with Crippen molar-refractivity contribution in [2.75, 3.05) is 13.1 Å². The number of carboxylic acid groups (broad SMARTS) is 1. The molecule has 1 aliphatic heterocycles. The number of rotatable bonds is 4. The SMILES string of the molecule is CC(C)(C)C(=O)N1CCC(Cc2ccc(-c3cccc(C(=O)O)c3)nc2)CC1. The van der Waals surface area contributed by atoms with Gasteiger partial charge in [-0.25, -0.2) is 4.79 Å². The van der Waals surface area contributed by atoms with Crippen LogP contribution in [-0.4, -0.2) is 40.0 Å². The van der Waals surface area contributed by atoms with Gasteiger partial charge in [0.2, 0.25) is 5.91 Å². The largest absolute Gasteiger partial charge is 0.478 e. The Kier molecular flexibility index (Phi) is 5.82. The Labute approximate surface area is 166 Å². The lowest BCUT2D eigenvalue weighted by molar-refractivity contribution is -0.140. The van der Waals surface area contributed by atoms with Crippen molar-refractivity contribution < 1.29 is 14.7 Å². The average molecular weight is 380 g/mol. The molecule has 0 aliphatic carbocycles. The van der Waals surface area contributed by atoms with Crippen LogP contribution in [0.25, 0.3) is 11.3 Å². The molecule has 1 fully saturated rings. The lowest BCUT2D eigenvalue weighted by atomic mass is 9.88. The molecule has 1 saturated heterocycles. The molecular formula is C23H28N2O3. The number of amides is 1. The molecule has 0 unspecified atom stereocenters. The van der Waals surface area contributed by atoms with Gasteiger partial charge in [-0.3, -0.25) is 9.78 Å². The van der Waals surface area contributed by atoms with Gasteiger partial charge in [0.1, 0.15) is 0 Å². The number of carboxylic acids is 1. The van der Waals surface area contributed by atoms with Crippen molar-refractivity contribution in [3.63, 3.8) is 0 Å². The number of hydrogen-bond donors (Lipinski definition) is 1. The van der Waals surface area contributed by atoms with E-state index >= 15 is 0 Å². The zero-order chi connectivity index (χ0) is 20.3. The summed E-state index contributed by atoms with van der Waals surface area (Å²) in [5, 5.41) is 9.14. The van der Waals surface area contributed by atoms with Crippen molar-refractivity contribution in [1.82, 2.24) is 9.88 Å². The molecule has 0 spiro atoms. The van der Waals surface area contributed by atoms with Crippen molar-refractivity contribution in [2.24, 2.45) is 11.3 Å². The monoisotopic (exact) mass is 380 g/mol. The maximum atomic E-state index is 12.4. The molecule has 2 aromatic rings. The number of carbonyl (C=O) groups excluding carboxylic acids is 1. The van der Waals surface area contributed by atoms with E-state index in [-0.39, 0.29) is 16.9 Å². The third-order valence-electron chi connectivity index (χ3n) is 5.30. The minimum Gasteiger partial charge on any atom is -0.478 e. The molecule has 1 amide bonds. The number of aromatic nitrogens is 1. The third-order valence-corrected chi connectivity index (χ3v) is 5.30. The fourth-order valence-corrected chi connectivity index (χ4v) is 3.68. The minimum absolute atomic E-state index is 0.237. The van der Waals surface area contributed by atoms with E-state index in [9.17, 15) is 9.59 Å². The molecule has 1 aromatic heterocycles. The normalized spacial score (nSPS) is 15.5. The van der Waals surface area contributed by atoms with Gasteiger partial charge in [0.25, 0.3) is 0 Å². The van der Waals surface area contributed by atoms with Crippen LogP contribution in [0.5, 0.6) is 0 Å². The molecule has 0 radical (unpaired) electrons. The van der Waals surface area contributed by atoms with E-state index in [1.54, 1.807) is 18.2 Å². The highest BCUT2D eigenvalue weighted by atomic mass is 16.4. The summed E-state index contributed by atoms with van der Waals surface area (Å²) in [5.41, 5.74) is 2.71. The smallest absolute Gasteiger partial charge is 0.335 e. The molecule has 5 nitrogen and oxygen atoms in total. The second-order valence-electron chi connectivity index (χ2n) is 8.63. The van der Waals surface area contributed by atoms with E-state index < -0.39 is 5.97 Å². The summed E-state index contributed by atoms with van der Waals surface area (Å²) >= 11 is 0. The first-order valence-corrected chi connectivity index (χ1v) is 9.82. The molecule has 3 rings (SSSR count). The topological polar surface area (TPSA) is 70.5 Å². The Bertz CT molecular complexity index is 845. The molecule has 2 heterocycles. The quantitative estimate of drug-likeness (QED) is 0.860. The number of likely N-dealkylation sites (tertiary alicyclic amines) is 1. The van der Waals surface area contributed by atoms with Crippen molar-refractivity contribution in [1.29, 1.82) is 0 Å². The zero-order valence-corrected chi connectivity index (χ0v) is 16.8. The van der Waals surface area contributed by atoms with Gasteiger partial charge in [-0.1, -0.05) is 39.0 Å². The van der Waals surface area contributed by atoms with Gasteiger partial charge in [-0.2, -0.15) is 0 Å². The number of benzene rings is 1. The van der Waals surface area contributed by atoms with Crippen molar-refractivity contribution >= 4 is 11.9 Å². The maximum absolute atomic E-state index is 12.4. The highest BCUT2D eigenvalue weighted by Crippen LogP contribution is 2.26. The summed E-state index contributed by atoms with van der Waals surface area (Å²) in [6.07, 6.45) is 4.88. The summed E-state index contributed by atoms with van der Waals surface area (Å²) in [6.45, 7) is 7.57. The molecule has 1 N–H and O–H groups in total. The second kappa shape index (κ2) is 8.13. The van der Waals surface area contributed by atoms with Gasteiger partial charge in [-0.05, 0) is 48.9 Å². The van der Waals surface area contributed by atoms with Gasteiger partial charge in [0.15, 0.2) is 0 Å². The van der Waals surface area contributed by atoms with Crippen LogP contribution in [0.3, 0.4) is 0 Å². The summed E-state index contributed by atoms with van der Waals surface area (Å²) < 4.78 is 0. The summed E-state index contributed by atoms with van der Waals surface area (Å²) in [5.74, 6) is -0.137. The number of hydrogen-bond acceptors (Lipinski definition) is 3. The Morgan fingerprint density at radius 3 is 2.43 bits per heavy atom. The predicted molar refractivity (Wildman–Crippen MR) is 109 cm³/mol. The van der Waals surface area contributed by atoms with Gasteiger partial charge >= 0.3 is 5.97 Å². The molecule has 148 valence electrons. The lowest BCUT2D eigenvalue weighted by Crippen LogP contribution is -2.44. The third kappa shape index (κ3) is 4.77. The van der Waals surface area contributed by atoms with E-state index in [0.717, 1.165) is 43.6 Å². The Morgan fingerprint density at radius 1 is 1.14 bits per heavy atom. The molecule has 0 atom stereocenters. The summed E-state index contributed by atoms with van der Waals surface area (Å²) in [4.78, 5) is 30.1. The fraction of sp³-hybridized carbons (Fsp3) is 0.435. The number of carbonyl (C=O) groups is 2. The minimum atomic E-state index is -0.935. The molecule has 1 aromatic carbocycles. The average Bonchev–Trinajstić information content (AvgIpc) is 2.68. The van der Waals surface area contributed by atoms with Crippen LogP contribution in [0, 0.1) is 11.3 Å². The number of piperidine rings is 1. The molecule has 5 heteroatoms. The van der Waals surface area contributed by atoms with Gasteiger partial charge in [-0.15, -0.1) is 0 Å². The van der Waals surface area contributed by atoms with Gasteiger partial charge in [0.05, 0.1) is 11.3 Å². The first kappa shape index (κ1) is 20.1. The Hall–Kier alpha value is -2.69. The predicted octanol–water partition coefficient (Wildman–Crippen LogP) is 4.27. The number of nitrogens with zero attached hydrogens (tertiary/aromatic N) is 2. The van der Waals surface area contributed by atoms with Crippen molar-refractivity contribution in [3.8, 4) is 11.3 Å². The highest BCUT2D eigenvalue weighted by Gasteiger charge is 2.30. The van der Waals surface area contributed by atoms with Crippen LogP contribution in [0.1, 0.15) is 49.5 Å². The van der Waals surface area contributed by atoms with Crippen molar-refractivity contribution in [3.05, 3.63) is 53.7 Å². The van der Waals surface area contributed by atoms with Crippen molar-refractivity contribution in [2.45, 2.75) is 40.0 Å². The van der Waals surface area contributed by atoms with Crippen LogP contribution in [0.2, 0.25) is 0 Å². The first-order valence-electron chi connectivity index (χ1n) is 9.82. The number of pyridine rings is 1. The maximum Gasteiger partial charge on any atom is 0.335 e. The molecule has 28 heavy (non-hydrogen) atoms. The molecular weight excluding hydrogens is 352 g/mol. The Morgan fingerprint density at radius 2 is 1.86 bits per heavy atom. The molecule has 0 saturated carbocycles. The lowest BCUT2D eigenvalue weighted by Gasteiger charge is -2.35. The van der Waals surface area contributed by atoms with Crippen LogP contribution in [0.15, 0.2) is 42.6 Å². The van der Waals surface area contributed by atoms with E-state index in [0.29, 0.717) is 5.92 Å². The molecule has 0 bridgehead atoms. The van der Waals surface area contributed by atoms with E-state index in [1.807, 2.05) is 44.0 Å². The van der Waals surface area contributed by atoms with Crippen LogP contribution in [-0.2, 0) is 11.2 Å². The standard InChI is InChI=1S/C23H28N2O3/c1-23(2,3)22(28)25-11-9-16(10-12-25)13-17-7-8-20(24-15-17)18-5-4-6-19(14-18)21(26)27/h4-8,14-16H,9-13H2,1-3H3,(H,26,27). The fourth-order valence-electron chi connectivity index (χ4n) is 3.68. The Balaban J connectivity index is 1.59. The summed E-state index contributed by atoms with van der Waals surface area (Å²) in [6, 6.07) is 10.9. The van der Waals surface area contributed by atoms with E-state index in [2.05, 4.69) is 11.1 Å². The zero-order valence-electron chi connectivity index (χ0n) is 16.8. The number of aromatic carboxylic acids is 1. The van der Waals surface area contributed by atoms with E-state index in [4.69, 9.17) is 5.11 Å².